The summed E-state index contributed by atoms with van der Waals surface area (Å²) in [6.07, 6.45) is -4.44. The number of hydrogen-bond donors (Lipinski definition) is 2. The lowest BCUT2D eigenvalue weighted by atomic mass is 9.97. The first-order valence-corrected chi connectivity index (χ1v) is 11.3. The number of nitrogens with zero attached hydrogens (tertiary/aromatic N) is 1. The van der Waals surface area contributed by atoms with Crippen molar-refractivity contribution in [1.82, 2.24) is 9.62 Å². The fraction of sp³-hybridized carbons (Fsp3) is 0.333. The molecular formula is C21H22F3N3O4S. The van der Waals surface area contributed by atoms with Crippen molar-refractivity contribution in [2.45, 2.75) is 30.5 Å². The van der Waals surface area contributed by atoms with E-state index in [9.17, 15) is 31.2 Å². The number of piperidine rings is 1. The van der Waals surface area contributed by atoms with Gasteiger partial charge in [-0.2, -0.15) is 17.5 Å². The third-order valence-electron chi connectivity index (χ3n) is 5.31. The Morgan fingerprint density at radius 1 is 1.06 bits per heavy atom. The fourth-order valence-electron chi connectivity index (χ4n) is 3.59. The molecule has 1 aliphatic heterocycles. The van der Waals surface area contributed by atoms with Crippen LogP contribution in [0.15, 0.2) is 53.4 Å². The van der Waals surface area contributed by atoms with E-state index in [0.29, 0.717) is 11.1 Å². The van der Waals surface area contributed by atoms with E-state index in [-0.39, 0.29) is 38.4 Å². The largest absolute Gasteiger partial charge is 0.417 e. The van der Waals surface area contributed by atoms with Crippen LogP contribution in [0.5, 0.6) is 0 Å². The minimum absolute atomic E-state index is 0.0657. The van der Waals surface area contributed by atoms with Crippen molar-refractivity contribution in [2.24, 2.45) is 11.7 Å². The van der Waals surface area contributed by atoms with E-state index in [1.807, 2.05) is 0 Å². The van der Waals surface area contributed by atoms with Crippen LogP contribution in [-0.2, 0) is 27.5 Å². The van der Waals surface area contributed by atoms with Crippen LogP contribution in [0, 0.1) is 5.92 Å². The number of rotatable bonds is 6. The van der Waals surface area contributed by atoms with E-state index in [0.717, 1.165) is 22.5 Å². The zero-order valence-electron chi connectivity index (χ0n) is 16.9. The minimum atomic E-state index is -4.80. The number of carbonyl (C=O) groups is 2. The highest BCUT2D eigenvalue weighted by atomic mass is 32.2. The number of hydrogen-bond acceptors (Lipinski definition) is 4. The third kappa shape index (κ3) is 5.28. The Morgan fingerprint density at radius 3 is 2.34 bits per heavy atom. The second kappa shape index (κ2) is 9.29. The van der Waals surface area contributed by atoms with Crippen LogP contribution in [0.25, 0.3) is 0 Å². The van der Waals surface area contributed by atoms with Gasteiger partial charge >= 0.3 is 6.18 Å². The highest BCUT2D eigenvalue weighted by Gasteiger charge is 2.40. The number of alkyl halides is 3. The molecule has 2 amide bonds. The molecule has 1 aliphatic rings. The maximum Gasteiger partial charge on any atom is 0.417 e. The molecule has 1 fully saturated rings. The van der Waals surface area contributed by atoms with Gasteiger partial charge in [-0.05, 0) is 42.7 Å². The number of carbonyl (C=O) groups excluding carboxylic acids is 2. The molecule has 0 bridgehead atoms. The highest BCUT2D eigenvalue weighted by Crippen LogP contribution is 2.36. The van der Waals surface area contributed by atoms with Crippen molar-refractivity contribution < 1.29 is 31.2 Å². The summed E-state index contributed by atoms with van der Waals surface area (Å²) in [5, 5.41) is 2.74. The van der Waals surface area contributed by atoms with E-state index < -0.39 is 38.5 Å². The second-order valence-corrected chi connectivity index (χ2v) is 9.36. The molecule has 2 aromatic rings. The van der Waals surface area contributed by atoms with E-state index in [1.165, 1.54) is 6.07 Å². The summed E-state index contributed by atoms with van der Waals surface area (Å²) in [6, 6.07) is 10.5. The predicted molar refractivity (Wildman–Crippen MR) is 110 cm³/mol. The van der Waals surface area contributed by atoms with E-state index in [2.05, 4.69) is 5.32 Å². The number of amides is 2. The molecule has 3 N–H and O–H groups in total. The SMILES string of the molecule is NC(=O)c1cccc(CNC(=O)C2CCN(S(=O)(=O)c3ccccc3C(F)(F)F)CC2)c1. The van der Waals surface area contributed by atoms with Crippen LogP contribution in [0.3, 0.4) is 0 Å². The zero-order chi connectivity index (χ0) is 23.5. The first-order chi connectivity index (χ1) is 15.0. The van der Waals surface area contributed by atoms with Gasteiger partial charge in [0, 0.05) is 31.1 Å². The van der Waals surface area contributed by atoms with Gasteiger partial charge < -0.3 is 11.1 Å². The van der Waals surface area contributed by atoms with Crippen LogP contribution in [0.4, 0.5) is 13.2 Å². The van der Waals surface area contributed by atoms with Crippen molar-refractivity contribution in [3.05, 3.63) is 65.2 Å². The smallest absolute Gasteiger partial charge is 0.366 e. The van der Waals surface area contributed by atoms with Crippen LogP contribution >= 0.6 is 0 Å². The predicted octanol–water partition coefficient (Wildman–Crippen LogP) is 2.52. The molecule has 32 heavy (non-hydrogen) atoms. The maximum atomic E-state index is 13.2. The lowest BCUT2D eigenvalue weighted by Crippen LogP contribution is -2.43. The molecule has 3 rings (SSSR count). The number of primary amides is 1. The first kappa shape index (κ1) is 23.7. The molecular weight excluding hydrogens is 447 g/mol. The molecule has 0 radical (unpaired) electrons. The van der Waals surface area contributed by atoms with Gasteiger partial charge in [0.05, 0.1) is 10.5 Å². The molecule has 0 unspecified atom stereocenters. The van der Waals surface area contributed by atoms with Crippen molar-refractivity contribution in [2.75, 3.05) is 13.1 Å². The Morgan fingerprint density at radius 2 is 1.72 bits per heavy atom. The number of sulfonamides is 1. The molecule has 0 aromatic heterocycles. The number of nitrogens with one attached hydrogen (secondary N) is 1. The lowest BCUT2D eigenvalue weighted by Gasteiger charge is -2.31. The Kier molecular flexibility index (Phi) is 6.89. The molecule has 0 aliphatic carbocycles. The van der Waals surface area contributed by atoms with Gasteiger partial charge in [-0.15, -0.1) is 0 Å². The van der Waals surface area contributed by atoms with Crippen LogP contribution in [0.1, 0.15) is 34.3 Å². The van der Waals surface area contributed by atoms with Gasteiger partial charge in [-0.3, -0.25) is 9.59 Å². The fourth-order valence-corrected chi connectivity index (χ4v) is 5.27. The minimum Gasteiger partial charge on any atom is -0.366 e. The van der Waals surface area contributed by atoms with Crippen LogP contribution in [-0.4, -0.2) is 37.6 Å². The summed E-state index contributed by atoms with van der Waals surface area (Å²) in [7, 11) is -4.36. The van der Waals surface area contributed by atoms with Gasteiger partial charge in [-0.25, -0.2) is 8.42 Å². The summed E-state index contributed by atoms with van der Waals surface area (Å²) in [6.45, 7) is 0.0327. The van der Waals surface area contributed by atoms with Crippen LogP contribution in [0.2, 0.25) is 0 Å². The van der Waals surface area contributed by atoms with Crippen LogP contribution < -0.4 is 11.1 Å². The number of benzene rings is 2. The highest BCUT2D eigenvalue weighted by molar-refractivity contribution is 7.89. The summed E-state index contributed by atoms with van der Waals surface area (Å²) < 4.78 is 66.4. The van der Waals surface area contributed by atoms with Crippen molar-refractivity contribution >= 4 is 21.8 Å². The molecule has 172 valence electrons. The zero-order valence-corrected chi connectivity index (χ0v) is 17.7. The Bertz CT molecular complexity index is 1110. The molecule has 0 saturated carbocycles. The third-order valence-corrected chi connectivity index (χ3v) is 7.27. The maximum absolute atomic E-state index is 13.2. The molecule has 1 saturated heterocycles. The van der Waals surface area contributed by atoms with Gasteiger partial charge in [0.25, 0.3) is 0 Å². The Labute approximate surface area is 183 Å². The summed E-state index contributed by atoms with van der Waals surface area (Å²) >= 11 is 0. The van der Waals surface area contributed by atoms with Crippen molar-refractivity contribution in [3.8, 4) is 0 Å². The Balaban J connectivity index is 1.62. The normalized spacial score (nSPS) is 16.0. The van der Waals surface area contributed by atoms with Gasteiger partial charge in [0.1, 0.15) is 0 Å². The quantitative estimate of drug-likeness (QED) is 0.678. The topological polar surface area (TPSA) is 110 Å². The summed E-state index contributed by atoms with van der Waals surface area (Å²) in [5.74, 6) is -1.35. The standard InChI is InChI=1S/C21H22F3N3O4S/c22-21(23,24)17-6-1-2-7-18(17)32(30,31)27-10-8-15(9-11-27)20(29)26-13-14-4-3-5-16(12-14)19(25)28/h1-7,12,15H,8-11,13H2,(H2,25,28)(H,26,29). The molecule has 11 heteroatoms. The average Bonchev–Trinajstić information content (AvgIpc) is 2.77. The molecule has 0 atom stereocenters. The van der Waals surface area contributed by atoms with Gasteiger partial charge in [0.2, 0.25) is 21.8 Å². The summed E-state index contributed by atoms with van der Waals surface area (Å²) in [5.41, 5.74) is 5.02. The molecule has 7 nitrogen and oxygen atoms in total. The van der Waals surface area contributed by atoms with Gasteiger partial charge in [-0.1, -0.05) is 24.3 Å². The monoisotopic (exact) mass is 469 g/mol. The molecule has 0 spiro atoms. The van der Waals surface area contributed by atoms with E-state index >= 15 is 0 Å². The van der Waals surface area contributed by atoms with E-state index in [4.69, 9.17) is 5.73 Å². The first-order valence-electron chi connectivity index (χ1n) is 9.83. The second-order valence-electron chi connectivity index (χ2n) is 7.45. The average molecular weight is 469 g/mol. The molecule has 2 aromatic carbocycles. The summed E-state index contributed by atoms with van der Waals surface area (Å²) in [4.78, 5) is 22.9. The lowest BCUT2D eigenvalue weighted by molar-refractivity contribution is -0.139. The van der Waals surface area contributed by atoms with Crippen molar-refractivity contribution in [1.29, 1.82) is 0 Å². The van der Waals surface area contributed by atoms with Crippen molar-refractivity contribution in [3.63, 3.8) is 0 Å². The van der Waals surface area contributed by atoms with E-state index in [1.54, 1.807) is 24.3 Å². The number of nitrogens with two attached hydrogens (primary N) is 1. The number of halogens is 3. The Hall–Kier alpha value is -2.92. The van der Waals surface area contributed by atoms with Gasteiger partial charge in [0.15, 0.2) is 0 Å². The molecule has 1 heterocycles.